The lowest BCUT2D eigenvalue weighted by atomic mass is 10.2. The van der Waals surface area contributed by atoms with E-state index in [0.717, 1.165) is 16.7 Å². The van der Waals surface area contributed by atoms with Gasteiger partial charge in [-0.2, -0.15) is 0 Å². The molecule has 0 unspecified atom stereocenters. The lowest BCUT2D eigenvalue weighted by Crippen LogP contribution is -2.07. The Bertz CT molecular complexity index is 584. The Morgan fingerprint density at radius 2 is 2.00 bits per heavy atom. The highest BCUT2D eigenvalue weighted by Crippen LogP contribution is 2.24. The van der Waals surface area contributed by atoms with Gasteiger partial charge in [0.25, 0.3) is 0 Å². The summed E-state index contributed by atoms with van der Waals surface area (Å²) in [6, 6.07) is 7.60. The van der Waals surface area contributed by atoms with E-state index in [4.69, 9.17) is 9.47 Å². The van der Waals surface area contributed by atoms with Crippen LogP contribution in [0.15, 0.2) is 24.3 Å². The lowest BCUT2D eigenvalue weighted by Gasteiger charge is -2.10. The highest BCUT2D eigenvalue weighted by atomic mass is 16.5. The molecule has 0 N–H and O–H groups in total. The van der Waals surface area contributed by atoms with Crippen LogP contribution in [0, 0.1) is 0 Å². The van der Waals surface area contributed by atoms with Crippen LogP contribution in [0.2, 0.25) is 0 Å². The van der Waals surface area contributed by atoms with Crippen LogP contribution < -0.4 is 4.74 Å². The molecule has 1 heterocycles. The van der Waals surface area contributed by atoms with Gasteiger partial charge in [-0.05, 0) is 32.0 Å². The summed E-state index contributed by atoms with van der Waals surface area (Å²) >= 11 is 0. The molecule has 0 aliphatic heterocycles. The van der Waals surface area contributed by atoms with Crippen LogP contribution in [0.3, 0.4) is 0 Å². The molecule has 2 aromatic rings. The van der Waals surface area contributed by atoms with Crippen molar-refractivity contribution in [3.05, 3.63) is 30.0 Å². The van der Waals surface area contributed by atoms with Crippen molar-refractivity contribution in [1.82, 2.24) is 4.57 Å². The molecule has 0 radical (unpaired) electrons. The number of hydrogen-bond donors (Lipinski definition) is 0. The second-order valence-corrected chi connectivity index (χ2v) is 4.47. The van der Waals surface area contributed by atoms with Crippen molar-refractivity contribution in [3.8, 4) is 5.75 Å². The van der Waals surface area contributed by atoms with Crippen LogP contribution in [-0.2, 0) is 11.8 Å². The van der Waals surface area contributed by atoms with Gasteiger partial charge in [-0.3, -0.25) is 0 Å². The molecule has 0 aliphatic rings. The fourth-order valence-electron chi connectivity index (χ4n) is 1.96. The molecule has 2 rings (SSSR count). The predicted octanol–water partition coefficient (Wildman–Crippen LogP) is 2.75. The first-order valence-electron chi connectivity index (χ1n) is 5.87. The molecular formula is C14H17NO3. The van der Waals surface area contributed by atoms with E-state index in [0.29, 0.717) is 5.69 Å². The Morgan fingerprint density at radius 1 is 1.28 bits per heavy atom. The molecule has 0 fully saturated rings. The fourth-order valence-corrected chi connectivity index (χ4v) is 1.96. The Labute approximate surface area is 106 Å². The third kappa shape index (κ3) is 2.18. The maximum Gasteiger partial charge on any atom is 0.354 e. The van der Waals surface area contributed by atoms with Crippen molar-refractivity contribution in [1.29, 1.82) is 0 Å². The molecule has 4 nitrogen and oxygen atoms in total. The minimum absolute atomic E-state index is 0.128. The Hall–Kier alpha value is -1.97. The van der Waals surface area contributed by atoms with Crippen LogP contribution in [0.4, 0.5) is 0 Å². The van der Waals surface area contributed by atoms with Crippen molar-refractivity contribution in [3.63, 3.8) is 0 Å². The molecular weight excluding hydrogens is 230 g/mol. The second kappa shape index (κ2) is 4.72. The van der Waals surface area contributed by atoms with E-state index < -0.39 is 0 Å². The minimum Gasteiger partial charge on any atom is -0.491 e. The molecule has 0 atom stereocenters. The van der Waals surface area contributed by atoms with E-state index in [9.17, 15) is 4.79 Å². The molecule has 4 heteroatoms. The molecule has 0 saturated heterocycles. The summed E-state index contributed by atoms with van der Waals surface area (Å²) in [7, 11) is 3.22. The highest BCUT2D eigenvalue weighted by molar-refractivity contribution is 5.95. The van der Waals surface area contributed by atoms with E-state index in [1.54, 1.807) is 0 Å². The van der Waals surface area contributed by atoms with Gasteiger partial charge in [-0.15, -0.1) is 0 Å². The zero-order chi connectivity index (χ0) is 13.3. The number of carbonyl (C=O) groups excluding carboxylic acids is 1. The van der Waals surface area contributed by atoms with E-state index in [-0.39, 0.29) is 12.1 Å². The minimum atomic E-state index is -0.333. The van der Waals surface area contributed by atoms with Crippen LogP contribution in [0.5, 0.6) is 5.75 Å². The number of rotatable bonds is 3. The van der Waals surface area contributed by atoms with Gasteiger partial charge in [0.05, 0.1) is 18.7 Å². The molecule has 1 aromatic carbocycles. The van der Waals surface area contributed by atoms with Gasteiger partial charge in [0.15, 0.2) is 0 Å². The monoisotopic (exact) mass is 247 g/mol. The van der Waals surface area contributed by atoms with Gasteiger partial charge in [-0.25, -0.2) is 4.79 Å². The summed E-state index contributed by atoms with van der Waals surface area (Å²) in [4.78, 5) is 11.6. The van der Waals surface area contributed by atoms with Crippen LogP contribution in [0.1, 0.15) is 24.3 Å². The van der Waals surface area contributed by atoms with Gasteiger partial charge < -0.3 is 14.0 Å². The molecule has 0 saturated carbocycles. The van der Waals surface area contributed by atoms with E-state index >= 15 is 0 Å². The number of fused-ring (bicyclic) bond motifs is 1. The standard InChI is InChI=1S/C14H17NO3/c1-9(2)18-11-6-5-10-7-13(14(16)17-4)15(3)12(10)8-11/h5-9H,1-4H3. The Balaban J connectivity index is 2.49. The first-order chi connectivity index (χ1) is 8.52. The summed E-state index contributed by atoms with van der Waals surface area (Å²) in [5.41, 5.74) is 1.49. The number of nitrogens with zero attached hydrogens (tertiary/aromatic N) is 1. The van der Waals surface area contributed by atoms with Crippen molar-refractivity contribution in [2.24, 2.45) is 7.05 Å². The first kappa shape index (κ1) is 12.5. The normalized spacial score (nSPS) is 10.9. The fraction of sp³-hybridized carbons (Fsp3) is 0.357. The molecule has 0 bridgehead atoms. The lowest BCUT2D eigenvalue weighted by molar-refractivity contribution is 0.0590. The predicted molar refractivity (Wildman–Crippen MR) is 70.0 cm³/mol. The van der Waals surface area contributed by atoms with Gasteiger partial charge in [-0.1, -0.05) is 0 Å². The average Bonchev–Trinajstić information content (AvgIpc) is 2.65. The summed E-state index contributed by atoms with van der Waals surface area (Å²) in [5, 5.41) is 0.994. The molecule has 1 aromatic heterocycles. The largest absolute Gasteiger partial charge is 0.491 e. The van der Waals surface area contributed by atoms with Gasteiger partial charge in [0.2, 0.25) is 0 Å². The third-order valence-corrected chi connectivity index (χ3v) is 2.78. The van der Waals surface area contributed by atoms with Gasteiger partial charge in [0, 0.05) is 18.5 Å². The molecule has 0 spiro atoms. The summed E-state index contributed by atoms with van der Waals surface area (Å²) in [6.45, 7) is 3.96. The average molecular weight is 247 g/mol. The van der Waals surface area contributed by atoms with Crippen LogP contribution in [-0.4, -0.2) is 23.8 Å². The topological polar surface area (TPSA) is 40.5 Å². The van der Waals surface area contributed by atoms with Gasteiger partial charge in [0.1, 0.15) is 11.4 Å². The second-order valence-electron chi connectivity index (χ2n) is 4.47. The third-order valence-electron chi connectivity index (χ3n) is 2.78. The Kier molecular flexibility index (Phi) is 3.28. The quantitative estimate of drug-likeness (QED) is 0.783. The first-order valence-corrected chi connectivity index (χ1v) is 5.87. The Morgan fingerprint density at radius 3 is 2.61 bits per heavy atom. The number of aromatic nitrogens is 1. The number of hydrogen-bond acceptors (Lipinski definition) is 3. The van der Waals surface area contributed by atoms with E-state index in [2.05, 4.69) is 0 Å². The highest BCUT2D eigenvalue weighted by Gasteiger charge is 2.14. The zero-order valence-corrected chi connectivity index (χ0v) is 11.1. The molecule has 0 amide bonds. The number of methoxy groups -OCH3 is 1. The van der Waals surface area contributed by atoms with E-state index in [1.165, 1.54) is 7.11 Å². The van der Waals surface area contributed by atoms with Crippen LogP contribution >= 0.6 is 0 Å². The van der Waals surface area contributed by atoms with Crippen molar-refractivity contribution in [2.45, 2.75) is 20.0 Å². The van der Waals surface area contributed by atoms with Gasteiger partial charge >= 0.3 is 5.97 Å². The van der Waals surface area contributed by atoms with Crippen LogP contribution in [0.25, 0.3) is 10.9 Å². The SMILES string of the molecule is COC(=O)c1cc2ccc(OC(C)C)cc2n1C. The maximum absolute atomic E-state index is 11.6. The summed E-state index contributed by atoms with van der Waals surface area (Å²) in [6.07, 6.45) is 0.128. The summed E-state index contributed by atoms with van der Waals surface area (Å²) in [5.74, 6) is 0.468. The maximum atomic E-state index is 11.6. The number of benzene rings is 1. The van der Waals surface area contributed by atoms with Crippen molar-refractivity contribution < 1.29 is 14.3 Å². The smallest absolute Gasteiger partial charge is 0.354 e. The van der Waals surface area contributed by atoms with Crippen molar-refractivity contribution >= 4 is 16.9 Å². The van der Waals surface area contributed by atoms with Crippen molar-refractivity contribution in [2.75, 3.05) is 7.11 Å². The number of ether oxygens (including phenoxy) is 2. The van der Waals surface area contributed by atoms with E-state index in [1.807, 2.05) is 49.7 Å². The number of esters is 1. The molecule has 0 aliphatic carbocycles. The summed E-state index contributed by atoms with van der Waals surface area (Å²) < 4.78 is 12.2. The number of carbonyl (C=O) groups is 1. The molecule has 18 heavy (non-hydrogen) atoms. The zero-order valence-electron chi connectivity index (χ0n) is 11.1. The molecule has 96 valence electrons. The number of aryl methyl sites for hydroxylation is 1.